The monoisotopic (exact) mass is 399 g/mol. The van der Waals surface area contributed by atoms with Gasteiger partial charge in [-0.2, -0.15) is 0 Å². The third kappa shape index (κ3) is 5.38. The van der Waals surface area contributed by atoms with Gasteiger partial charge in [0.2, 0.25) is 5.91 Å². The van der Waals surface area contributed by atoms with Gasteiger partial charge >= 0.3 is 6.09 Å². The topological polar surface area (TPSA) is 62.3 Å². The lowest BCUT2D eigenvalue weighted by Crippen LogP contribution is -2.52. The molecule has 3 rings (SSSR count). The predicted molar refractivity (Wildman–Crippen MR) is 112 cm³/mol. The highest BCUT2D eigenvalue weighted by atomic mass is 16.6. The molecule has 0 bridgehead atoms. The maximum atomic E-state index is 12.6. The summed E-state index contributed by atoms with van der Waals surface area (Å²) < 4.78 is 10.3. The molecule has 0 atom stereocenters. The molecule has 0 unspecified atom stereocenters. The average Bonchev–Trinajstić information content (AvgIpc) is 2.73. The molecule has 1 saturated heterocycles. The molecule has 1 heterocycles. The second kappa shape index (κ2) is 9.60. The summed E-state index contributed by atoms with van der Waals surface area (Å²) in [4.78, 5) is 29.9. The van der Waals surface area contributed by atoms with Crippen LogP contribution in [0.4, 0.5) is 4.79 Å². The first kappa shape index (κ1) is 20.9. The lowest BCUT2D eigenvalue weighted by atomic mass is 10.1. The Bertz CT molecular complexity index is 862. The number of likely N-dealkylation sites (N-methyl/N-ethyl adjacent to an activating group) is 1. The second-order valence-electron chi connectivity index (χ2n) is 7.29. The zero-order valence-electron chi connectivity index (χ0n) is 17.4. The Balaban J connectivity index is 1.51. The quantitative estimate of drug-likeness (QED) is 0.747. The van der Waals surface area contributed by atoms with E-state index >= 15 is 0 Å². The van der Waals surface area contributed by atoms with Gasteiger partial charge in [-0.3, -0.25) is 9.69 Å². The maximum absolute atomic E-state index is 12.6. The van der Waals surface area contributed by atoms with Crippen molar-refractivity contribution >= 4 is 22.8 Å². The number of ether oxygens (including phenoxy) is 2. The fraction of sp³-hybridized carbons (Fsp3) is 0.455. The highest BCUT2D eigenvalue weighted by Gasteiger charge is 2.25. The molecule has 7 nitrogen and oxygen atoms in total. The number of fused-ring (bicyclic) bond motifs is 1. The van der Waals surface area contributed by atoms with Gasteiger partial charge in [0.15, 0.2) is 0 Å². The van der Waals surface area contributed by atoms with Crippen molar-refractivity contribution in [1.29, 1.82) is 0 Å². The number of piperazine rings is 1. The number of carbonyl (C=O) groups excluding carboxylic acids is 2. The van der Waals surface area contributed by atoms with Crippen LogP contribution in [0, 0.1) is 0 Å². The molecule has 2 aromatic rings. The minimum atomic E-state index is -0.300. The van der Waals surface area contributed by atoms with E-state index in [4.69, 9.17) is 9.47 Å². The van der Waals surface area contributed by atoms with Crippen LogP contribution in [-0.4, -0.2) is 80.2 Å². The van der Waals surface area contributed by atoms with Gasteiger partial charge in [-0.25, -0.2) is 4.79 Å². The van der Waals surface area contributed by atoms with Gasteiger partial charge in [0.1, 0.15) is 5.75 Å². The summed E-state index contributed by atoms with van der Waals surface area (Å²) in [5.41, 5.74) is 1.16. The third-order valence-electron chi connectivity index (χ3n) is 5.13. The van der Waals surface area contributed by atoms with Crippen LogP contribution in [0.3, 0.4) is 0 Å². The van der Waals surface area contributed by atoms with Crippen LogP contribution >= 0.6 is 0 Å². The molecule has 29 heavy (non-hydrogen) atoms. The van der Waals surface area contributed by atoms with Crippen molar-refractivity contribution in [2.45, 2.75) is 13.5 Å². The molecule has 0 aromatic heterocycles. The number of methoxy groups -OCH3 is 1. The molecular weight excluding hydrogens is 370 g/mol. The number of hydrogen-bond donors (Lipinski definition) is 0. The molecule has 1 aliphatic rings. The molecule has 1 aliphatic heterocycles. The highest BCUT2D eigenvalue weighted by Crippen LogP contribution is 2.22. The van der Waals surface area contributed by atoms with Crippen molar-refractivity contribution in [1.82, 2.24) is 14.7 Å². The standard InChI is InChI=1S/C22H29N3O4/c1-4-29-22(27)25-11-9-24(10-12-25)21(26)16-23(2)15-17-5-6-19-14-20(28-3)8-7-18(19)13-17/h5-8,13-14H,4,9-12,15-16H2,1-3H3. The third-order valence-corrected chi connectivity index (χ3v) is 5.13. The van der Waals surface area contributed by atoms with Gasteiger partial charge in [0.25, 0.3) is 0 Å². The summed E-state index contributed by atoms with van der Waals surface area (Å²) in [6.07, 6.45) is -0.300. The Labute approximate surface area is 171 Å². The van der Waals surface area contributed by atoms with Gasteiger partial charge < -0.3 is 19.3 Å². The molecular formula is C22H29N3O4. The maximum Gasteiger partial charge on any atom is 0.409 e. The van der Waals surface area contributed by atoms with E-state index in [0.29, 0.717) is 45.9 Å². The molecule has 7 heteroatoms. The lowest BCUT2D eigenvalue weighted by Gasteiger charge is -2.34. The molecule has 0 aliphatic carbocycles. The minimum Gasteiger partial charge on any atom is -0.497 e. The van der Waals surface area contributed by atoms with E-state index in [2.05, 4.69) is 18.2 Å². The summed E-state index contributed by atoms with van der Waals surface area (Å²) in [6.45, 7) is 5.32. The molecule has 2 amide bonds. The van der Waals surface area contributed by atoms with E-state index in [1.807, 2.05) is 35.0 Å². The summed E-state index contributed by atoms with van der Waals surface area (Å²) >= 11 is 0. The van der Waals surface area contributed by atoms with E-state index in [0.717, 1.165) is 22.1 Å². The van der Waals surface area contributed by atoms with Gasteiger partial charge in [0, 0.05) is 32.7 Å². The van der Waals surface area contributed by atoms with Crippen molar-refractivity contribution in [3.05, 3.63) is 42.0 Å². The zero-order valence-corrected chi connectivity index (χ0v) is 17.4. The molecule has 0 spiro atoms. The van der Waals surface area contributed by atoms with Crippen molar-refractivity contribution in [2.24, 2.45) is 0 Å². The molecule has 2 aromatic carbocycles. The van der Waals surface area contributed by atoms with Crippen molar-refractivity contribution < 1.29 is 19.1 Å². The van der Waals surface area contributed by atoms with Crippen LogP contribution in [0.2, 0.25) is 0 Å². The van der Waals surface area contributed by atoms with Crippen LogP contribution < -0.4 is 4.74 Å². The highest BCUT2D eigenvalue weighted by molar-refractivity contribution is 5.84. The fourth-order valence-electron chi connectivity index (χ4n) is 3.55. The number of hydrogen-bond acceptors (Lipinski definition) is 5. The molecule has 1 fully saturated rings. The number of nitrogens with zero attached hydrogens (tertiary/aromatic N) is 3. The number of benzene rings is 2. The van der Waals surface area contributed by atoms with E-state index in [1.54, 1.807) is 18.9 Å². The Morgan fingerprint density at radius 2 is 1.66 bits per heavy atom. The predicted octanol–water partition coefficient (Wildman–Crippen LogP) is 2.58. The molecule has 156 valence electrons. The van der Waals surface area contributed by atoms with Crippen LogP contribution in [0.25, 0.3) is 10.8 Å². The number of amides is 2. The van der Waals surface area contributed by atoms with E-state index in [1.165, 1.54) is 0 Å². The van der Waals surface area contributed by atoms with E-state index < -0.39 is 0 Å². The molecule has 0 N–H and O–H groups in total. The normalized spacial score (nSPS) is 14.3. The number of carbonyl (C=O) groups is 2. The Kier molecular flexibility index (Phi) is 6.93. The summed E-state index contributed by atoms with van der Waals surface area (Å²) in [5, 5.41) is 2.28. The van der Waals surface area contributed by atoms with E-state index in [9.17, 15) is 9.59 Å². The second-order valence-corrected chi connectivity index (χ2v) is 7.29. The summed E-state index contributed by atoms with van der Waals surface area (Å²) in [7, 11) is 3.61. The Morgan fingerprint density at radius 1 is 1.00 bits per heavy atom. The first-order valence-corrected chi connectivity index (χ1v) is 9.95. The first-order valence-electron chi connectivity index (χ1n) is 9.95. The van der Waals surface area contributed by atoms with E-state index in [-0.39, 0.29) is 12.0 Å². The van der Waals surface area contributed by atoms with Gasteiger partial charge in [-0.05, 0) is 48.5 Å². The largest absolute Gasteiger partial charge is 0.497 e. The van der Waals surface area contributed by atoms with Gasteiger partial charge in [-0.1, -0.05) is 18.2 Å². The molecule has 0 radical (unpaired) electrons. The zero-order chi connectivity index (χ0) is 20.8. The molecule has 0 saturated carbocycles. The smallest absolute Gasteiger partial charge is 0.409 e. The lowest BCUT2D eigenvalue weighted by molar-refractivity contribution is -0.133. The van der Waals surface area contributed by atoms with Crippen LogP contribution in [0.15, 0.2) is 36.4 Å². The SMILES string of the molecule is CCOC(=O)N1CCN(C(=O)CN(C)Cc2ccc3cc(OC)ccc3c2)CC1. The number of rotatable bonds is 6. The Morgan fingerprint density at radius 3 is 2.34 bits per heavy atom. The van der Waals surface area contributed by atoms with Gasteiger partial charge in [0.05, 0.1) is 20.3 Å². The van der Waals surface area contributed by atoms with Crippen LogP contribution in [0.1, 0.15) is 12.5 Å². The fourth-order valence-corrected chi connectivity index (χ4v) is 3.55. The average molecular weight is 399 g/mol. The Hall–Kier alpha value is -2.80. The van der Waals surface area contributed by atoms with Crippen LogP contribution in [0.5, 0.6) is 5.75 Å². The van der Waals surface area contributed by atoms with Gasteiger partial charge in [-0.15, -0.1) is 0 Å². The minimum absolute atomic E-state index is 0.0848. The van der Waals surface area contributed by atoms with Crippen LogP contribution in [-0.2, 0) is 16.1 Å². The van der Waals surface area contributed by atoms with Crippen molar-refractivity contribution in [3.8, 4) is 5.75 Å². The first-order chi connectivity index (χ1) is 14.0. The summed E-state index contributed by atoms with van der Waals surface area (Å²) in [5.74, 6) is 0.928. The van der Waals surface area contributed by atoms with Crippen molar-refractivity contribution in [3.63, 3.8) is 0 Å². The summed E-state index contributed by atoms with van der Waals surface area (Å²) in [6, 6.07) is 12.3. The van der Waals surface area contributed by atoms with Crippen molar-refractivity contribution in [2.75, 3.05) is 53.5 Å².